The van der Waals surface area contributed by atoms with Gasteiger partial charge in [-0.2, -0.15) is 0 Å². The van der Waals surface area contributed by atoms with Gasteiger partial charge in [0, 0.05) is 19.3 Å². The molecular formula is C26H23N3O3. The van der Waals surface area contributed by atoms with Crippen molar-refractivity contribution in [3.8, 4) is 34.1 Å². The lowest BCUT2D eigenvalue weighted by Crippen LogP contribution is -2.20. The van der Waals surface area contributed by atoms with Gasteiger partial charge in [0.1, 0.15) is 11.5 Å². The van der Waals surface area contributed by atoms with Crippen LogP contribution in [0.15, 0.2) is 89.9 Å². The van der Waals surface area contributed by atoms with E-state index in [9.17, 15) is 4.79 Å². The Bertz CT molecular complexity index is 1460. The van der Waals surface area contributed by atoms with E-state index >= 15 is 0 Å². The molecule has 3 aromatic carbocycles. The van der Waals surface area contributed by atoms with Gasteiger partial charge in [0.25, 0.3) is 5.56 Å². The van der Waals surface area contributed by atoms with Crippen molar-refractivity contribution in [2.24, 2.45) is 7.05 Å². The van der Waals surface area contributed by atoms with Gasteiger partial charge < -0.3 is 14.0 Å². The van der Waals surface area contributed by atoms with Gasteiger partial charge in [0.05, 0.1) is 42.2 Å². The van der Waals surface area contributed by atoms with Gasteiger partial charge >= 0.3 is 0 Å². The van der Waals surface area contributed by atoms with Crippen LogP contribution in [-0.2, 0) is 7.05 Å². The highest BCUT2D eigenvalue weighted by Crippen LogP contribution is 2.36. The lowest BCUT2D eigenvalue weighted by Gasteiger charge is -2.15. The molecular weight excluding hydrogens is 402 g/mol. The summed E-state index contributed by atoms with van der Waals surface area (Å²) in [5.74, 6) is 1.36. The molecule has 32 heavy (non-hydrogen) atoms. The summed E-state index contributed by atoms with van der Waals surface area (Å²) in [6, 6.07) is 25.3. The molecule has 0 aliphatic heterocycles. The third-order valence-corrected chi connectivity index (χ3v) is 5.73. The van der Waals surface area contributed by atoms with Crippen molar-refractivity contribution in [1.29, 1.82) is 0 Å². The van der Waals surface area contributed by atoms with Crippen LogP contribution in [0.1, 0.15) is 0 Å². The molecule has 0 aliphatic rings. The molecule has 0 saturated carbocycles. The first-order valence-electron chi connectivity index (χ1n) is 10.3. The minimum atomic E-state index is -0.0706. The Morgan fingerprint density at radius 2 is 1.50 bits per heavy atom. The molecule has 0 atom stereocenters. The second-order valence-electron chi connectivity index (χ2n) is 7.49. The minimum Gasteiger partial charge on any atom is -0.497 e. The Morgan fingerprint density at radius 1 is 0.812 bits per heavy atom. The minimum absolute atomic E-state index is 0.0706. The molecule has 0 bridgehead atoms. The summed E-state index contributed by atoms with van der Waals surface area (Å²) >= 11 is 0. The third-order valence-electron chi connectivity index (χ3n) is 5.73. The Balaban J connectivity index is 1.87. The van der Waals surface area contributed by atoms with E-state index in [0.717, 1.165) is 28.1 Å². The molecule has 0 spiro atoms. The summed E-state index contributed by atoms with van der Waals surface area (Å²) in [5, 5.41) is 0.653. The van der Waals surface area contributed by atoms with E-state index < -0.39 is 0 Å². The lowest BCUT2D eigenvalue weighted by molar-refractivity contribution is 0.393. The van der Waals surface area contributed by atoms with Crippen molar-refractivity contribution in [3.63, 3.8) is 0 Å². The van der Waals surface area contributed by atoms with Crippen LogP contribution in [0, 0.1) is 0 Å². The number of para-hydroxylation sites is 1. The fraction of sp³-hybridized carbons (Fsp3) is 0.115. The maximum absolute atomic E-state index is 13.7. The second-order valence-corrected chi connectivity index (χ2v) is 7.49. The van der Waals surface area contributed by atoms with Crippen molar-refractivity contribution < 1.29 is 9.47 Å². The molecule has 0 aliphatic carbocycles. The SMILES string of the molecule is COc1ccc(-n2cc3c(c2-c2ccccc2)c(=O)n(-c2ccccc2)n3C)c(OC)c1. The Hall–Kier alpha value is -4.19. The highest BCUT2D eigenvalue weighted by atomic mass is 16.5. The van der Waals surface area contributed by atoms with Gasteiger partial charge in [0.2, 0.25) is 0 Å². The van der Waals surface area contributed by atoms with Crippen molar-refractivity contribution in [2.75, 3.05) is 14.2 Å². The summed E-state index contributed by atoms with van der Waals surface area (Å²) in [4.78, 5) is 13.7. The van der Waals surface area contributed by atoms with Crippen molar-refractivity contribution >= 4 is 10.9 Å². The first kappa shape index (κ1) is 19.8. The van der Waals surface area contributed by atoms with Crippen molar-refractivity contribution in [2.45, 2.75) is 0 Å². The number of rotatable bonds is 5. The molecule has 5 aromatic rings. The van der Waals surface area contributed by atoms with Gasteiger partial charge in [-0.15, -0.1) is 0 Å². The lowest BCUT2D eigenvalue weighted by atomic mass is 10.1. The number of aryl methyl sites for hydroxylation is 1. The van der Waals surface area contributed by atoms with E-state index in [2.05, 4.69) is 0 Å². The van der Waals surface area contributed by atoms with E-state index in [4.69, 9.17) is 9.47 Å². The smallest absolute Gasteiger partial charge is 0.281 e. The number of fused-ring (bicyclic) bond motifs is 1. The maximum Gasteiger partial charge on any atom is 0.281 e. The van der Waals surface area contributed by atoms with Crippen LogP contribution in [0.3, 0.4) is 0 Å². The van der Waals surface area contributed by atoms with E-state index in [0.29, 0.717) is 16.9 Å². The molecule has 6 heteroatoms. The predicted molar refractivity (Wildman–Crippen MR) is 126 cm³/mol. The second kappa shape index (κ2) is 7.81. The Morgan fingerprint density at radius 3 is 2.16 bits per heavy atom. The molecule has 160 valence electrons. The molecule has 5 rings (SSSR count). The summed E-state index contributed by atoms with van der Waals surface area (Å²) in [6.07, 6.45) is 1.99. The number of hydrogen-bond acceptors (Lipinski definition) is 3. The van der Waals surface area contributed by atoms with Crippen LogP contribution in [0.5, 0.6) is 11.5 Å². The van der Waals surface area contributed by atoms with Gasteiger partial charge in [-0.3, -0.25) is 9.48 Å². The summed E-state index contributed by atoms with van der Waals surface area (Å²) in [6.45, 7) is 0. The summed E-state index contributed by atoms with van der Waals surface area (Å²) < 4.78 is 16.6. The number of aromatic nitrogens is 3. The van der Waals surface area contributed by atoms with Crippen LogP contribution in [-0.4, -0.2) is 28.2 Å². The van der Waals surface area contributed by atoms with E-state index in [1.807, 2.05) is 101 Å². The van der Waals surface area contributed by atoms with Gasteiger partial charge in [-0.25, -0.2) is 4.68 Å². The average molecular weight is 425 g/mol. The number of methoxy groups -OCH3 is 2. The van der Waals surface area contributed by atoms with Crippen LogP contribution < -0.4 is 15.0 Å². The Kier molecular flexibility index (Phi) is 4.82. The third kappa shape index (κ3) is 3.00. The first-order chi connectivity index (χ1) is 15.6. The molecule has 2 aromatic heterocycles. The molecule has 0 amide bonds. The fourth-order valence-corrected chi connectivity index (χ4v) is 4.21. The van der Waals surface area contributed by atoms with Gasteiger partial charge in [-0.1, -0.05) is 48.5 Å². The molecule has 0 unspecified atom stereocenters. The predicted octanol–water partition coefficient (Wildman–Crippen LogP) is 4.80. The largest absolute Gasteiger partial charge is 0.497 e. The highest BCUT2D eigenvalue weighted by Gasteiger charge is 2.23. The number of hydrogen-bond donors (Lipinski definition) is 0. The van der Waals surface area contributed by atoms with Gasteiger partial charge in [0.15, 0.2) is 0 Å². The van der Waals surface area contributed by atoms with E-state index in [-0.39, 0.29) is 5.56 Å². The zero-order valence-electron chi connectivity index (χ0n) is 18.1. The number of benzene rings is 3. The standard InChI is InChI=1S/C26H23N3O3/c1-27-22-17-28(21-15-14-20(31-2)16-23(21)32-3)25(18-10-6-4-7-11-18)24(22)26(30)29(27)19-12-8-5-9-13-19/h4-17H,1-3H3. The van der Waals surface area contributed by atoms with Crippen LogP contribution in [0.2, 0.25) is 0 Å². The first-order valence-corrected chi connectivity index (χ1v) is 10.3. The maximum atomic E-state index is 13.7. The van der Waals surface area contributed by atoms with Crippen LogP contribution >= 0.6 is 0 Å². The van der Waals surface area contributed by atoms with Gasteiger partial charge in [-0.05, 0) is 29.8 Å². The summed E-state index contributed by atoms with van der Waals surface area (Å²) in [7, 11) is 5.16. The molecule has 0 fully saturated rings. The van der Waals surface area contributed by atoms with Crippen LogP contribution in [0.4, 0.5) is 0 Å². The topological polar surface area (TPSA) is 50.3 Å². The normalized spacial score (nSPS) is 11.1. The quantitative estimate of drug-likeness (QED) is 0.406. The molecule has 2 heterocycles. The average Bonchev–Trinajstić information content (AvgIpc) is 3.35. The van der Waals surface area contributed by atoms with Crippen LogP contribution in [0.25, 0.3) is 33.5 Å². The van der Waals surface area contributed by atoms with E-state index in [1.54, 1.807) is 18.9 Å². The molecule has 0 N–H and O–H groups in total. The molecule has 6 nitrogen and oxygen atoms in total. The fourth-order valence-electron chi connectivity index (χ4n) is 4.21. The number of ether oxygens (including phenoxy) is 2. The molecule has 0 saturated heterocycles. The number of nitrogens with zero attached hydrogens (tertiary/aromatic N) is 3. The summed E-state index contributed by atoms with van der Waals surface area (Å²) in [5.41, 5.74) is 4.18. The molecule has 0 radical (unpaired) electrons. The van der Waals surface area contributed by atoms with Crippen molar-refractivity contribution in [1.82, 2.24) is 13.9 Å². The monoisotopic (exact) mass is 425 g/mol. The zero-order valence-corrected chi connectivity index (χ0v) is 18.1. The highest BCUT2D eigenvalue weighted by molar-refractivity contribution is 5.95. The Labute approximate surface area is 185 Å². The van der Waals surface area contributed by atoms with E-state index in [1.165, 1.54) is 0 Å². The van der Waals surface area contributed by atoms with Crippen molar-refractivity contribution in [3.05, 3.63) is 95.4 Å². The zero-order chi connectivity index (χ0) is 22.2.